The van der Waals surface area contributed by atoms with Crippen LogP contribution < -0.4 is 15.8 Å². The van der Waals surface area contributed by atoms with E-state index in [9.17, 15) is 27.1 Å². The summed E-state index contributed by atoms with van der Waals surface area (Å²) in [6.45, 7) is 1.02. The van der Waals surface area contributed by atoms with E-state index < -0.39 is 52.3 Å². The van der Waals surface area contributed by atoms with Crippen LogP contribution in [-0.2, 0) is 6.18 Å². The quantitative estimate of drug-likeness (QED) is 0.236. The Bertz CT molecular complexity index is 1750. The minimum atomic E-state index is -5.03. The number of halogens is 6. The minimum Gasteiger partial charge on any atom is -0.461 e. The number of nitrogens with two attached hydrogens (primary N) is 1. The number of hydrogen-bond donors (Lipinski definition) is 3. The van der Waals surface area contributed by atoms with Gasteiger partial charge in [-0.1, -0.05) is 11.3 Å². The van der Waals surface area contributed by atoms with E-state index in [2.05, 4.69) is 20.3 Å². The predicted molar refractivity (Wildman–Crippen MR) is 149 cm³/mol. The highest BCUT2D eigenvalue weighted by Crippen LogP contribution is 2.46. The molecule has 3 fully saturated rings. The van der Waals surface area contributed by atoms with Gasteiger partial charge in [0.25, 0.3) is 0 Å². The highest BCUT2D eigenvalue weighted by Gasteiger charge is 2.49. The number of fused-ring (bicyclic) bond motifs is 3. The molecule has 2 aromatic carbocycles. The first kappa shape index (κ1) is 28.3. The first-order chi connectivity index (χ1) is 20.4. The zero-order valence-electron chi connectivity index (χ0n) is 22.5. The molecular weight excluding hydrogens is 598 g/mol. The molecule has 4 N–H and O–H groups in total. The van der Waals surface area contributed by atoms with Crippen molar-refractivity contribution in [2.75, 3.05) is 30.7 Å². The van der Waals surface area contributed by atoms with Gasteiger partial charge < -0.3 is 20.9 Å². The molecule has 1 saturated carbocycles. The summed E-state index contributed by atoms with van der Waals surface area (Å²) in [7, 11) is 0. The molecule has 0 bridgehead atoms. The van der Waals surface area contributed by atoms with E-state index in [0.717, 1.165) is 36.0 Å². The molecule has 0 amide bonds. The standard InChI is InChI=1S/C28H26F6N6O2S/c29-12-9-27(4-1-5-40(27)10-12)11-42-26-38-21-16(24(39-26)36-13-6-14(41)7-13)8-17(28(32,33)34)19(20(21)31)15-2-3-18(30)23-22(15)37-25(35)43-23/h2-3,8,12-14,41H,1,4-7,9-11H2,(H2,35,37)(H,36,38,39)/t12-,13?,14?,27+/m1/s1. The van der Waals surface area contributed by atoms with Crippen molar-refractivity contribution in [3.63, 3.8) is 0 Å². The van der Waals surface area contributed by atoms with Gasteiger partial charge in [0.1, 0.15) is 29.9 Å². The molecule has 43 heavy (non-hydrogen) atoms. The molecule has 228 valence electrons. The van der Waals surface area contributed by atoms with Gasteiger partial charge in [-0.2, -0.15) is 23.1 Å². The number of nitrogens with one attached hydrogen (secondary N) is 1. The summed E-state index contributed by atoms with van der Waals surface area (Å²) in [5.74, 6) is -2.16. The largest absolute Gasteiger partial charge is 0.461 e. The van der Waals surface area contributed by atoms with Crippen molar-refractivity contribution in [1.82, 2.24) is 19.9 Å². The van der Waals surface area contributed by atoms with E-state index in [1.807, 2.05) is 4.90 Å². The molecule has 3 aliphatic rings. The number of nitrogen functional groups attached to an aromatic ring is 1. The summed E-state index contributed by atoms with van der Waals surface area (Å²) in [6, 6.07) is 2.12. The topological polar surface area (TPSA) is 109 Å². The summed E-state index contributed by atoms with van der Waals surface area (Å²) in [6.07, 6.45) is -4.17. The van der Waals surface area contributed by atoms with Gasteiger partial charge in [-0.05, 0) is 50.4 Å². The van der Waals surface area contributed by atoms with Crippen molar-refractivity contribution in [3.05, 3.63) is 35.4 Å². The molecular formula is C28H26F6N6O2S. The van der Waals surface area contributed by atoms with Crippen LogP contribution >= 0.6 is 11.3 Å². The molecule has 8 nitrogen and oxygen atoms in total. The average Bonchev–Trinajstić information content (AvgIpc) is 3.58. The van der Waals surface area contributed by atoms with E-state index in [-0.39, 0.29) is 63.7 Å². The predicted octanol–water partition coefficient (Wildman–Crippen LogP) is 5.68. The first-order valence-electron chi connectivity index (χ1n) is 13.8. The number of benzene rings is 2. The normalized spacial score (nSPS) is 25.8. The van der Waals surface area contributed by atoms with Gasteiger partial charge in [0.15, 0.2) is 10.9 Å². The van der Waals surface area contributed by atoms with Crippen molar-refractivity contribution in [2.24, 2.45) is 0 Å². The van der Waals surface area contributed by atoms with Crippen LogP contribution in [0.25, 0.3) is 32.2 Å². The van der Waals surface area contributed by atoms with Gasteiger partial charge in [-0.3, -0.25) is 4.90 Å². The van der Waals surface area contributed by atoms with Crippen LogP contribution in [0.4, 0.5) is 37.3 Å². The van der Waals surface area contributed by atoms with Crippen LogP contribution in [0.15, 0.2) is 18.2 Å². The molecule has 1 aliphatic carbocycles. The second-order valence-electron chi connectivity index (χ2n) is 11.5. The third-order valence-electron chi connectivity index (χ3n) is 8.68. The molecule has 2 aliphatic heterocycles. The SMILES string of the molecule is Nc1nc2c(-c3c(C(F)(F)F)cc4c(NC5CC(O)C5)nc(OC[C@@]56CCCN5C[C@H](F)C6)nc4c3F)ccc(F)c2s1. The molecule has 4 heterocycles. The van der Waals surface area contributed by atoms with Crippen LogP contribution in [0.3, 0.4) is 0 Å². The maximum atomic E-state index is 16.5. The number of rotatable bonds is 6. The van der Waals surface area contributed by atoms with Crippen LogP contribution in [0.5, 0.6) is 6.01 Å². The second-order valence-corrected chi connectivity index (χ2v) is 12.5. The molecule has 2 saturated heterocycles. The number of hydrogen-bond acceptors (Lipinski definition) is 9. The Kier molecular flexibility index (Phi) is 6.63. The number of anilines is 2. The molecule has 7 rings (SSSR count). The van der Waals surface area contributed by atoms with Gasteiger partial charge in [0.2, 0.25) is 0 Å². The zero-order valence-corrected chi connectivity index (χ0v) is 23.3. The highest BCUT2D eigenvalue weighted by molar-refractivity contribution is 7.22. The molecule has 15 heteroatoms. The van der Waals surface area contributed by atoms with Crippen molar-refractivity contribution < 1.29 is 36.2 Å². The average molecular weight is 625 g/mol. The summed E-state index contributed by atoms with van der Waals surface area (Å²) < 4.78 is 94.8. The number of alkyl halides is 4. The molecule has 2 aromatic heterocycles. The van der Waals surface area contributed by atoms with E-state index in [1.165, 1.54) is 0 Å². The fourth-order valence-electron chi connectivity index (χ4n) is 6.61. The molecule has 4 aromatic rings. The van der Waals surface area contributed by atoms with Crippen LogP contribution in [0.2, 0.25) is 0 Å². The van der Waals surface area contributed by atoms with E-state index in [4.69, 9.17) is 10.5 Å². The monoisotopic (exact) mass is 624 g/mol. The van der Waals surface area contributed by atoms with Crippen molar-refractivity contribution in [3.8, 4) is 17.1 Å². The molecule has 0 radical (unpaired) electrons. The Morgan fingerprint density at radius 2 is 1.95 bits per heavy atom. The number of aliphatic hydroxyl groups excluding tert-OH is 1. The fraction of sp³-hybridized carbons (Fsp3) is 0.464. The smallest absolute Gasteiger partial charge is 0.417 e. The van der Waals surface area contributed by atoms with Gasteiger partial charge in [-0.25, -0.2) is 18.2 Å². The summed E-state index contributed by atoms with van der Waals surface area (Å²) in [5, 5.41) is 12.4. The highest BCUT2D eigenvalue weighted by atomic mass is 32.1. The Hall–Kier alpha value is -3.43. The number of aliphatic hydroxyl groups is 1. The summed E-state index contributed by atoms with van der Waals surface area (Å²) in [4.78, 5) is 14.5. The van der Waals surface area contributed by atoms with Gasteiger partial charge in [-0.15, -0.1) is 0 Å². The van der Waals surface area contributed by atoms with Crippen LogP contribution in [0, 0.1) is 11.6 Å². The lowest BCUT2D eigenvalue weighted by Gasteiger charge is -2.33. The van der Waals surface area contributed by atoms with E-state index >= 15 is 4.39 Å². The molecule has 0 unspecified atom stereocenters. The maximum absolute atomic E-state index is 16.5. The van der Waals surface area contributed by atoms with Gasteiger partial charge >= 0.3 is 12.2 Å². The van der Waals surface area contributed by atoms with E-state index in [0.29, 0.717) is 25.8 Å². The lowest BCUT2D eigenvalue weighted by atomic mass is 9.89. The fourth-order valence-corrected chi connectivity index (χ4v) is 7.37. The van der Waals surface area contributed by atoms with Gasteiger partial charge in [0, 0.05) is 35.5 Å². The number of aromatic nitrogens is 3. The number of nitrogens with zero attached hydrogens (tertiary/aromatic N) is 4. The lowest BCUT2D eigenvalue weighted by molar-refractivity contribution is -0.137. The molecule has 0 spiro atoms. The second kappa shape index (κ2) is 10.1. The summed E-state index contributed by atoms with van der Waals surface area (Å²) >= 11 is 0.738. The maximum Gasteiger partial charge on any atom is 0.417 e. The first-order valence-corrected chi connectivity index (χ1v) is 14.7. The lowest BCUT2D eigenvalue weighted by Crippen LogP contribution is -2.43. The number of thiazole rings is 1. The Labute approximate surface area is 244 Å². The zero-order chi connectivity index (χ0) is 30.3. The third-order valence-corrected chi connectivity index (χ3v) is 9.58. The minimum absolute atomic E-state index is 0.0201. The van der Waals surface area contributed by atoms with Crippen molar-refractivity contribution >= 4 is 43.4 Å². The van der Waals surface area contributed by atoms with Crippen molar-refractivity contribution in [1.29, 1.82) is 0 Å². The summed E-state index contributed by atoms with van der Waals surface area (Å²) in [5.41, 5.74) is 2.02. The number of ether oxygens (including phenoxy) is 1. The van der Waals surface area contributed by atoms with E-state index in [1.54, 1.807) is 0 Å². The van der Waals surface area contributed by atoms with Crippen LogP contribution in [-0.4, -0.2) is 68.5 Å². The van der Waals surface area contributed by atoms with Crippen molar-refractivity contribution in [2.45, 2.75) is 62.1 Å². The Balaban J connectivity index is 1.39. The molecule has 2 atom stereocenters. The van der Waals surface area contributed by atoms with Crippen LogP contribution in [0.1, 0.15) is 37.7 Å². The Morgan fingerprint density at radius 3 is 2.70 bits per heavy atom. The third kappa shape index (κ3) is 4.81. The van der Waals surface area contributed by atoms with Gasteiger partial charge in [0.05, 0.1) is 27.4 Å². The Morgan fingerprint density at radius 1 is 1.16 bits per heavy atom.